The summed E-state index contributed by atoms with van der Waals surface area (Å²) < 4.78 is 5.38. The van der Waals surface area contributed by atoms with E-state index in [0.717, 1.165) is 24.8 Å². The van der Waals surface area contributed by atoms with Crippen LogP contribution in [0, 0.1) is 0 Å². The van der Waals surface area contributed by atoms with Crippen LogP contribution in [-0.2, 0) is 16.0 Å². The summed E-state index contributed by atoms with van der Waals surface area (Å²) >= 11 is 0. The van der Waals surface area contributed by atoms with E-state index in [9.17, 15) is 9.59 Å². The van der Waals surface area contributed by atoms with Crippen LogP contribution < -0.4 is 5.32 Å². The Balaban J connectivity index is 1.42. The van der Waals surface area contributed by atoms with E-state index in [4.69, 9.17) is 4.74 Å². The molecule has 6 heteroatoms. The molecule has 142 valence electrons. The van der Waals surface area contributed by atoms with Gasteiger partial charge in [-0.2, -0.15) is 0 Å². The summed E-state index contributed by atoms with van der Waals surface area (Å²) in [6.45, 7) is 1.59. The Morgan fingerprint density at radius 2 is 1.89 bits per heavy atom. The second-order valence-electron chi connectivity index (χ2n) is 6.96. The molecule has 0 fully saturated rings. The predicted molar refractivity (Wildman–Crippen MR) is 105 cm³/mol. The fourth-order valence-electron chi connectivity index (χ4n) is 3.57. The monoisotopic (exact) mass is 375 g/mol. The minimum atomic E-state index is -0.890. The maximum absolute atomic E-state index is 12.6. The number of aromatic nitrogens is 2. The van der Waals surface area contributed by atoms with Gasteiger partial charge in [0.2, 0.25) is 0 Å². The van der Waals surface area contributed by atoms with E-state index in [1.165, 1.54) is 5.56 Å². The van der Waals surface area contributed by atoms with Crippen LogP contribution in [0.5, 0.6) is 0 Å². The highest BCUT2D eigenvalue weighted by molar-refractivity contribution is 5.95. The number of nitrogens with one attached hydrogen (secondary N) is 1. The van der Waals surface area contributed by atoms with E-state index in [1.807, 2.05) is 18.2 Å². The molecule has 3 aromatic rings. The molecule has 1 aromatic heterocycles. The number of fused-ring (bicyclic) bond motifs is 2. The normalized spacial score (nSPS) is 16.8. The van der Waals surface area contributed by atoms with Gasteiger partial charge in [-0.3, -0.25) is 14.8 Å². The van der Waals surface area contributed by atoms with E-state index in [-0.39, 0.29) is 11.9 Å². The Labute approximate surface area is 163 Å². The maximum Gasteiger partial charge on any atom is 0.338 e. The number of amides is 1. The smallest absolute Gasteiger partial charge is 0.338 e. The van der Waals surface area contributed by atoms with E-state index in [2.05, 4.69) is 21.4 Å². The van der Waals surface area contributed by atoms with Crippen LogP contribution >= 0.6 is 0 Å². The zero-order valence-corrected chi connectivity index (χ0v) is 15.6. The first-order valence-corrected chi connectivity index (χ1v) is 9.42. The van der Waals surface area contributed by atoms with Crippen molar-refractivity contribution in [3.63, 3.8) is 0 Å². The summed E-state index contributed by atoms with van der Waals surface area (Å²) in [6, 6.07) is 13.0. The first-order chi connectivity index (χ1) is 13.6. The molecular formula is C22H21N3O3. The van der Waals surface area contributed by atoms with Crippen molar-refractivity contribution in [3.05, 3.63) is 71.5 Å². The van der Waals surface area contributed by atoms with Gasteiger partial charge in [-0.25, -0.2) is 4.79 Å². The molecule has 0 saturated heterocycles. The maximum atomic E-state index is 12.6. The van der Waals surface area contributed by atoms with Gasteiger partial charge in [-0.05, 0) is 55.5 Å². The number of ether oxygens (including phenoxy) is 1. The van der Waals surface area contributed by atoms with Crippen molar-refractivity contribution in [2.24, 2.45) is 0 Å². The zero-order valence-electron chi connectivity index (χ0n) is 15.6. The number of rotatable bonds is 4. The molecule has 0 radical (unpaired) electrons. The van der Waals surface area contributed by atoms with Crippen molar-refractivity contribution in [1.82, 2.24) is 15.3 Å². The van der Waals surface area contributed by atoms with Gasteiger partial charge in [0.1, 0.15) is 0 Å². The van der Waals surface area contributed by atoms with Crippen molar-refractivity contribution < 1.29 is 14.3 Å². The average molecular weight is 375 g/mol. The molecule has 0 bridgehead atoms. The molecule has 0 unspecified atom stereocenters. The molecule has 28 heavy (non-hydrogen) atoms. The lowest BCUT2D eigenvalue weighted by atomic mass is 9.87. The molecule has 0 saturated carbocycles. The van der Waals surface area contributed by atoms with E-state index >= 15 is 0 Å². The third-order valence-corrected chi connectivity index (χ3v) is 5.04. The van der Waals surface area contributed by atoms with Crippen molar-refractivity contribution in [1.29, 1.82) is 0 Å². The van der Waals surface area contributed by atoms with Gasteiger partial charge in [0.05, 0.1) is 22.6 Å². The van der Waals surface area contributed by atoms with Crippen LogP contribution in [-0.4, -0.2) is 27.9 Å². The number of aryl methyl sites for hydroxylation is 1. The Morgan fingerprint density at radius 1 is 1.11 bits per heavy atom. The molecule has 2 atom stereocenters. The Kier molecular flexibility index (Phi) is 5.02. The van der Waals surface area contributed by atoms with Crippen LogP contribution in [0.25, 0.3) is 11.0 Å². The van der Waals surface area contributed by atoms with Crippen LogP contribution in [0.1, 0.15) is 47.3 Å². The zero-order chi connectivity index (χ0) is 19.5. The molecule has 4 rings (SSSR count). The van der Waals surface area contributed by atoms with Crippen molar-refractivity contribution >= 4 is 22.9 Å². The third-order valence-electron chi connectivity index (χ3n) is 5.04. The second-order valence-corrected chi connectivity index (χ2v) is 6.96. The highest BCUT2D eigenvalue weighted by Gasteiger charge is 2.25. The molecule has 1 N–H and O–H groups in total. The lowest BCUT2D eigenvalue weighted by Gasteiger charge is -2.27. The highest BCUT2D eigenvalue weighted by Crippen LogP contribution is 2.29. The van der Waals surface area contributed by atoms with Crippen LogP contribution in [0.15, 0.2) is 54.9 Å². The third kappa shape index (κ3) is 3.71. The molecule has 1 aliphatic carbocycles. The summed E-state index contributed by atoms with van der Waals surface area (Å²) in [6.07, 6.45) is 5.20. The predicted octanol–water partition coefficient (Wildman–Crippen LogP) is 3.37. The van der Waals surface area contributed by atoms with Gasteiger partial charge in [0.25, 0.3) is 5.91 Å². The molecule has 0 spiro atoms. The van der Waals surface area contributed by atoms with Crippen LogP contribution in [0.4, 0.5) is 0 Å². The largest absolute Gasteiger partial charge is 0.449 e. The molecule has 2 aromatic carbocycles. The lowest BCUT2D eigenvalue weighted by molar-refractivity contribution is -0.130. The molecule has 1 aliphatic rings. The number of benzene rings is 2. The Bertz CT molecular complexity index is 1030. The summed E-state index contributed by atoms with van der Waals surface area (Å²) in [7, 11) is 0. The molecule has 0 aliphatic heterocycles. The molecule has 6 nitrogen and oxygen atoms in total. The second kappa shape index (κ2) is 7.76. The Hall–Kier alpha value is -3.28. The summed E-state index contributed by atoms with van der Waals surface area (Å²) in [5.41, 5.74) is 4.05. The summed E-state index contributed by atoms with van der Waals surface area (Å²) in [5, 5.41) is 3.02. The Morgan fingerprint density at radius 3 is 2.75 bits per heavy atom. The van der Waals surface area contributed by atoms with Gasteiger partial charge in [0, 0.05) is 12.4 Å². The quantitative estimate of drug-likeness (QED) is 0.707. The minimum absolute atomic E-state index is 0.0467. The van der Waals surface area contributed by atoms with Crippen molar-refractivity contribution in [2.75, 3.05) is 0 Å². The first kappa shape index (κ1) is 18.1. The lowest BCUT2D eigenvalue weighted by Crippen LogP contribution is -2.39. The van der Waals surface area contributed by atoms with Crippen molar-refractivity contribution in [2.45, 2.75) is 38.3 Å². The van der Waals surface area contributed by atoms with Gasteiger partial charge in [-0.15, -0.1) is 0 Å². The number of esters is 1. The molecular weight excluding hydrogens is 354 g/mol. The fraction of sp³-hybridized carbons (Fsp3) is 0.273. The summed E-state index contributed by atoms with van der Waals surface area (Å²) in [5.74, 6) is -0.852. The summed E-state index contributed by atoms with van der Waals surface area (Å²) in [4.78, 5) is 33.4. The van der Waals surface area contributed by atoms with E-state index in [1.54, 1.807) is 37.5 Å². The standard InChI is InChI=1S/C22H21N3O3/c1-14(21(26)25-18-8-4-6-15-5-2-3-7-17(15)18)28-22(27)16-9-10-19-20(13-16)24-12-11-23-19/h2-3,5,7,9-14,18H,4,6,8H2,1H3,(H,25,26)/t14-,18+/m0/s1. The number of carbonyl (C=O) groups excluding carboxylic acids is 2. The van der Waals surface area contributed by atoms with E-state index in [0.29, 0.717) is 16.6 Å². The number of hydrogen-bond acceptors (Lipinski definition) is 5. The molecule has 1 heterocycles. The van der Waals surface area contributed by atoms with Crippen LogP contribution in [0.3, 0.4) is 0 Å². The average Bonchev–Trinajstić information content (AvgIpc) is 2.73. The molecule has 1 amide bonds. The SMILES string of the molecule is C[C@H](OC(=O)c1ccc2nccnc2c1)C(=O)N[C@@H]1CCCc2ccccc21. The van der Waals surface area contributed by atoms with Gasteiger partial charge < -0.3 is 10.1 Å². The number of nitrogens with zero attached hydrogens (tertiary/aromatic N) is 2. The van der Waals surface area contributed by atoms with Crippen LogP contribution in [0.2, 0.25) is 0 Å². The highest BCUT2D eigenvalue weighted by atomic mass is 16.5. The fourth-order valence-corrected chi connectivity index (χ4v) is 3.57. The minimum Gasteiger partial charge on any atom is -0.449 e. The van der Waals surface area contributed by atoms with Gasteiger partial charge in [-0.1, -0.05) is 24.3 Å². The number of carbonyl (C=O) groups is 2. The van der Waals surface area contributed by atoms with Gasteiger partial charge in [0.15, 0.2) is 6.10 Å². The van der Waals surface area contributed by atoms with E-state index < -0.39 is 12.1 Å². The van der Waals surface area contributed by atoms with Crippen molar-refractivity contribution in [3.8, 4) is 0 Å². The topological polar surface area (TPSA) is 81.2 Å². The first-order valence-electron chi connectivity index (χ1n) is 9.42. The number of hydrogen-bond donors (Lipinski definition) is 1. The van der Waals surface area contributed by atoms with Gasteiger partial charge >= 0.3 is 5.97 Å².